The predicted octanol–water partition coefficient (Wildman–Crippen LogP) is 2.65. The Morgan fingerprint density at radius 3 is 3.11 bits per heavy atom. The van der Waals surface area contributed by atoms with Gasteiger partial charge in [-0.2, -0.15) is 0 Å². The van der Waals surface area contributed by atoms with Gasteiger partial charge in [-0.05, 0) is 19.1 Å². The van der Waals surface area contributed by atoms with Crippen LogP contribution in [0.15, 0.2) is 42.1 Å². The van der Waals surface area contributed by atoms with Gasteiger partial charge in [-0.15, -0.1) is 0 Å². The topological polar surface area (TPSA) is 51.2 Å². The molecule has 0 spiro atoms. The molecule has 1 N–H and O–H groups in total. The lowest BCUT2D eigenvalue weighted by Gasteiger charge is -2.17. The number of carbonyl (C=O) groups excluding carboxylic acids is 1. The zero-order chi connectivity index (χ0) is 13.2. The summed E-state index contributed by atoms with van der Waals surface area (Å²) >= 11 is 0. The zero-order valence-electron chi connectivity index (χ0n) is 10.6. The minimum atomic E-state index is -0.270. The maximum absolute atomic E-state index is 11.7. The van der Waals surface area contributed by atoms with Gasteiger partial charge in [0.05, 0.1) is 17.7 Å². The molecule has 2 aromatic rings. The number of rotatable bonds is 2. The molecule has 4 heteroatoms. The third kappa shape index (κ3) is 2.17. The van der Waals surface area contributed by atoms with Gasteiger partial charge in [-0.3, -0.25) is 0 Å². The molecule has 1 aliphatic heterocycles. The second-order valence-corrected chi connectivity index (χ2v) is 4.40. The number of para-hydroxylation sites is 1. The Kier molecular flexibility index (Phi) is 2.91. The second kappa shape index (κ2) is 4.72. The Bertz CT molecular complexity index is 677. The van der Waals surface area contributed by atoms with Gasteiger partial charge in [-0.25, -0.2) is 9.78 Å². The van der Waals surface area contributed by atoms with Crippen molar-refractivity contribution in [3.63, 3.8) is 0 Å². The van der Waals surface area contributed by atoms with E-state index in [1.54, 1.807) is 13.1 Å². The summed E-state index contributed by atoms with van der Waals surface area (Å²) in [6.45, 7) is 2.19. The van der Waals surface area contributed by atoms with Crippen LogP contribution in [0.1, 0.15) is 12.5 Å². The van der Waals surface area contributed by atoms with E-state index < -0.39 is 0 Å². The van der Waals surface area contributed by atoms with Gasteiger partial charge in [-0.1, -0.05) is 18.2 Å². The molecule has 0 amide bonds. The van der Waals surface area contributed by atoms with Crippen molar-refractivity contribution < 1.29 is 9.53 Å². The summed E-state index contributed by atoms with van der Waals surface area (Å²) in [5.41, 5.74) is 2.59. The van der Waals surface area contributed by atoms with E-state index in [4.69, 9.17) is 4.74 Å². The summed E-state index contributed by atoms with van der Waals surface area (Å²) in [5.74, 6) is 0.542. The first-order chi connectivity index (χ1) is 9.28. The molecule has 0 fully saturated rings. The fraction of sp³-hybridized carbons (Fsp3) is 0.200. The van der Waals surface area contributed by atoms with Crippen molar-refractivity contribution in [2.24, 2.45) is 0 Å². The fourth-order valence-corrected chi connectivity index (χ4v) is 2.19. The van der Waals surface area contributed by atoms with Gasteiger partial charge in [0, 0.05) is 23.6 Å². The average Bonchev–Trinajstić information content (AvgIpc) is 2.44. The summed E-state index contributed by atoms with van der Waals surface area (Å²) in [6.07, 6.45) is 2.24. The third-order valence-electron chi connectivity index (χ3n) is 3.10. The van der Waals surface area contributed by atoms with Crippen molar-refractivity contribution in [1.82, 2.24) is 4.98 Å². The molecule has 1 aromatic carbocycles. The molecule has 1 aliphatic rings. The first-order valence-corrected chi connectivity index (χ1v) is 6.29. The average molecular weight is 254 g/mol. The minimum Gasteiger partial charge on any atom is -0.463 e. The minimum absolute atomic E-state index is 0.270. The van der Waals surface area contributed by atoms with Crippen LogP contribution in [-0.2, 0) is 16.0 Å². The third-order valence-corrected chi connectivity index (χ3v) is 3.10. The van der Waals surface area contributed by atoms with Gasteiger partial charge in [0.25, 0.3) is 0 Å². The number of ether oxygens (including phenoxy) is 1. The molecule has 19 heavy (non-hydrogen) atoms. The predicted molar refractivity (Wildman–Crippen MR) is 73.8 cm³/mol. The highest BCUT2D eigenvalue weighted by molar-refractivity contribution is 5.91. The summed E-state index contributed by atoms with van der Waals surface area (Å²) < 4.78 is 5.02. The molecule has 2 heterocycles. The summed E-state index contributed by atoms with van der Waals surface area (Å²) in [5, 5.41) is 4.15. The molecule has 0 unspecified atom stereocenters. The quantitative estimate of drug-likeness (QED) is 0.837. The maximum atomic E-state index is 11.7. The number of pyridine rings is 1. The molecule has 0 aliphatic carbocycles. The summed E-state index contributed by atoms with van der Waals surface area (Å²) in [4.78, 5) is 16.3. The molecule has 4 nitrogen and oxygen atoms in total. The molecule has 0 radical (unpaired) electrons. The second-order valence-electron chi connectivity index (χ2n) is 4.40. The van der Waals surface area contributed by atoms with Crippen molar-refractivity contribution in [2.75, 3.05) is 11.9 Å². The monoisotopic (exact) mass is 254 g/mol. The molecular weight excluding hydrogens is 240 g/mol. The van der Waals surface area contributed by atoms with Gasteiger partial charge >= 0.3 is 5.97 Å². The van der Waals surface area contributed by atoms with E-state index in [-0.39, 0.29) is 5.97 Å². The maximum Gasteiger partial charge on any atom is 0.335 e. The van der Waals surface area contributed by atoms with E-state index in [1.807, 2.05) is 24.3 Å². The van der Waals surface area contributed by atoms with Crippen molar-refractivity contribution in [1.29, 1.82) is 0 Å². The highest BCUT2D eigenvalue weighted by Gasteiger charge is 2.18. The van der Waals surface area contributed by atoms with Crippen LogP contribution < -0.4 is 5.32 Å². The normalized spacial score (nSPS) is 13.4. The highest BCUT2D eigenvalue weighted by Crippen LogP contribution is 2.26. The van der Waals surface area contributed by atoms with E-state index in [2.05, 4.69) is 16.4 Å². The Labute approximate surface area is 111 Å². The number of hydrogen-bond donors (Lipinski definition) is 1. The van der Waals surface area contributed by atoms with Gasteiger partial charge in [0.1, 0.15) is 5.82 Å². The number of carbonyl (C=O) groups is 1. The highest BCUT2D eigenvalue weighted by atomic mass is 16.5. The van der Waals surface area contributed by atoms with Crippen LogP contribution in [0.25, 0.3) is 10.9 Å². The molecule has 0 bridgehead atoms. The van der Waals surface area contributed by atoms with Crippen LogP contribution in [0.3, 0.4) is 0 Å². The molecule has 3 rings (SSSR count). The lowest BCUT2D eigenvalue weighted by Crippen LogP contribution is -2.16. The van der Waals surface area contributed by atoms with Crippen LogP contribution in [-0.4, -0.2) is 17.6 Å². The molecule has 96 valence electrons. The van der Waals surface area contributed by atoms with Gasteiger partial charge in [0.15, 0.2) is 0 Å². The van der Waals surface area contributed by atoms with Crippen molar-refractivity contribution in [3.05, 3.63) is 47.7 Å². The number of nitrogens with zero attached hydrogens (tertiary/aromatic N) is 1. The molecule has 1 aromatic heterocycles. The number of benzene rings is 1. The van der Waals surface area contributed by atoms with E-state index in [0.717, 1.165) is 22.3 Å². The Balaban J connectivity index is 1.96. The number of anilines is 1. The lowest BCUT2D eigenvalue weighted by atomic mass is 10.0. The largest absolute Gasteiger partial charge is 0.463 e. The van der Waals surface area contributed by atoms with Crippen LogP contribution in [0.4, 0.5) is 5.82 Å². The van der Waals surface area contributed by atoms with E-state index in [0.29, 0.717) is 18.6 Å². The van der Waals surface area contributed by atoms with Crippen LogP contribution >= 0.6 is 0 Å². The number of esters is 1. The molecule has 0 saturated carbocycles. The summed E-state index contributed by atoms with van der Waals surface area (Å²) in [7, 11) is 0. The standard InChI is InChI=1S/C15H14N2O2/c1-2-19-15(18)12-8-11-7-10-5-3-4-6-13(10)17-14(11)16-9-12/h3-7,9H,2,8H2,1H3,(H,16,17). The number of fused-ring (bicyclic) bond motifs is 2. The van der Waals surface area contributed by atoms with Crippen LogP contribution in [0, 0.1) is 0 Å². The van der Waals surface area contributed by atoms with Gasteiger partial charge in [0.2, 0.25) is 0 Å². The van der Waals surface area contributed by atoms with E-state index >= 15 is 0 Å². The first kappa shape index (κ1) is 11.7. The van der Waals surface area contributed by atoms with Crippen molar-refractivity contribution in [2.45, 2.75) is 13.3 Å². The molecule has 0 saturated heterocycles. The van der Waals surface area contributed by atoms with Gasteiger partial charge < -0.3 is 10.1 Å². The van der Waals surface area contributed by atoms with E-state index in [1.165, 1.54) is 0 Å². The van der Waals surface area contributed by atoms with Crippen LogP contribution in [0.2, 0.25) is 0 Å². The molecular formula is C15H14N2O2. The van der Waals surface area contributed by atoms with Crippen molar-refractivity contribution >= 4 is 22.7 Å². The zero-order valence-corrected chi connectivity index (χ0v) is 10.6. The fourth-order valence-electron chi connectivity index (χ4n) is 2.19. The van der Waals surface area contributed by atoms with E-state index in [9.17, 15) is 4.79 Å². The number of hydrogen-bond acceptors (Lipinski definition) is 4. The SMILES string of the molecule is CCOC(=O)C1=CNc2nc3ccccc3cc2C1. The Morgan fingerprint density at radius 2 is 2.26 bits per heavy atom. The Morgan fingerprint density at radius 1 is 1.42 bits per heavy atom. The Hall–Kier alpha value is -2.36. The smallest absolute Gasteiger partial charge is 0.335 e. The van der Waals surface area contributed by atoms with Crippen molar-refractivity contribution in [3.8, 4) is 0 Å². The number of aromatic nitrogens is 1. The molecule has 0 atom stereocenters. The van der Waals surface area contributed by atoms with Crippen LogP contribution in [0.5, 0.6) is 0 Å². The summed E-state index contributed by atoms with van der Waals surface area (Å²) in [6, 6.07) is 10.0. The first-order valence-electron chi connectivity index (χ1n) is 6.29. The lowest BCUT2D eigenvalue weighted by molar-refractivity contribution is -0.138. The number of nitrogens with one attached hydrogen (secondary N) is 1.